The standard InChI is InChI=1S/C15H20N2O4S/c1-2-21-15(18)16-9-11-17(12-10-16)22(19,20)13-8-14-6-4-3-5-7-14/h3-8,13H,2,9-12H2,1H3/b13-8-. The van der Waals surface area contributed by atoms with Gasteiger partial charge in [-0.05, 0) is 18.6 Å². The van der Waals surface area contributed by atoms with Crippen LogP contribution in [0.5, 0.6) is 0 Å². The van der Waals surface area contributed by atoms with Gasteiger partial charge in [-0.1, -0.05) is 30.3 Å². The molecule has 1 aromatic rings. The molecule has 2 rings (SSSR count). The molecule has 0 aromatic heterocycles. The third-order valence-electron chi connectivity index (χ3n) is 3.36. The van der Waals surface area contributed by atoms with Crippen molar-refractivity contribution in [3.8, 4) is 0 Å². The van der Waals surface area contributed by atoms with E-state index in [2.05, 4.69) is 0 Å². The van der Waals surface area contributed by atoms with Crippen LogP contribution in [0, 0.1) is 0 Å². The fraction of sp³-hybridized carbons (Fsp3) is 0.400. The van der Waals surface area contributed by atoms with Gasteiger partial charge >= 0.3 is 6.09 Å². The van der Waals surface area contributed by atoms with Crippen molar-refractivity contribution < 1.29 is 17.9 Å². The average Bonchev–Trinajstić information content (AvgIpc) is 2.54. The van der Waals surface area contributed by atoms with Gasteiger partial charge in [0.25, 0.3) is 0 Å². The highest BCUT2D eigenvalue weighted by Crippen LogP contribution is 2.12. The summed E-state index contributed by atoms with van der Waals surface area (Å²) in [6.45, 7) is 3.30. The Morgan fingerprint density at radius 2 is 1.82 bits per heavy atom. The number of carbonyl (C=O) groups excluding carboxylic acids is 1. The maximum Gasteiger partial charge on any atom is 0.409 e. The number of piperazine rings is 1. The third-order valence-corrected chi connectivity index (χ3v) is 4.92. The van der Waals surface area contributed by atoms with E-state index >= 15 is 0 Å². The van der Waals surface area contributed by atoms with E-state index < -0.39 is 10.0 Å². The summed E-state index contributed by atoms with van der Waals surface area (Å²) in [6.07, 6.45) is 1.19. The van der Waals surface area contributed by atoms with E-state index in [0.29, 0.717) is 19.7 Å². The van der Waals surface area contributed by atoms with Crippen LogP contribution in [0.25, 0.3) is 6.08 Å². The summed E-state index contributed by atoms with van der Waals surface area (Å²) in [5.41, 5.74) is 0.830. The van der Waals surface area contributed by atoms with Crippen LogP contribution in [-0.4, -0.2) is 56.5 Å². The normalized spacial score (nSPS) is 16.9. The quantitative estimate of drug-likeness (QED) is 0.846. The molecule has 0 radical (unpaired) electrons. The maximum absolute atomic E-state index is 12.3. The number of nitrogens with zero attached hydrogens (tertiary/aromatic N) is 2. The van der Waals surface area contributed by atoms with Crippen molar-refractivity contribution in [1.29, 1.82) is 0 Å². The first kappa shape index (κ1) is 16.5. The number of amides is 1. The molecule has 22 heavy (non-hydrogen) atoms. The molecular weight excluding hydrogens is 304 g/mol. The Balaban J connectivity index is 1.95. The van der Waals surface area contributed by atoms with Crippen molar-refractivity contribution in [2.24, 2.45) is 0 Å². The largest absolute Gasteiger partial charge is 0.450 e. The Morgan fingerprint density at radius 1 is 1.18 bits per heavy atom. The monoisotopic (exact) mass is 324 g/mol. The first-order chi connectivity index (χ1) is 10.5. The van der Waals surface area contributed by atoms with E-state index in [1.165, 1.54) is 14.6 Å². The fourth-order valence-corrected chi connectivity index (χ4v) is 3.33. The summed E-state index contributed by atoms with van der Waals surface area (Å²) in [5, 5.41) is 1.21. The molecule has 1 aliphatic heterocycles. The lowest BCUT2D eigenvalue weighted by molar-refractivity contribution is 0.0936. The topological polar surface area (TPSA) is 66.9 Å². The van der Waals surface area contributed by atoms with Crippen molar-refractivity contribution in [2.75, 3.05) is 32.8 Å². The van der Waals surface area contributed by atoms with Crippen molar-refractivity contribution in [3.63, 3.8) is 0 Å². The molecule has 7 heteroatoms. The van der Waals surface area contributed by atoms with Gasteiger partial charge in [0.15, 0.2) is 0 Å². The second kappa shape index (κ2) is 7.42. The first-order valence-electron chi connectivity index (χ1n) is 7.18. The number of hydrogen-bond acceptors (Lipinski definition) is 4. The van der Waals surface area contributed by atoms with Gasteiger partial charge in [-0.25, -0.2) is 13.2 Å². The van der Waals surface area contributed by atoms with Crippen LogP contribution < -0.4 is 0 Å². The minimum absolute atomic E-state index is 0.278. The Hall–Kier alpha value is -1.86. The van der Waals surface area contributed by atoms with Gasteiger partial charge in [0.2, 0.25) is 10.0 Å². The zero-order chi connectivity index (χ0) is 16.0. The molecule has 1 fully saturated rings. The van der Waals surface area contributed by atoms with E-state index in [0.717, 1.165) is 5.56 Å². The predicted octanol–water partition coefficient (Wildman–Crippen LogP) is 1.76. The number of hydrogen-bond donors (Lipinski definition) is 0. The SMILES string of the molecule is CCOC(=O)N1CCN(S(=O)(=O)/C=C\c2ccccc2)CC1. The summed E-state index contributed by atoms with van der Waals surface area (Å²) in [7, 11) is -3.47. The highest BCUT2D eigenvalue weighted by Gasteiger charge is 2.27. The molecule has 1 aromatic carbocycles. The van der Waals surface area contributed by atoms with Gasteiger partial charge in [-0.3, -0.25) is 0 Å². The summed E-state index contributed by atoms with van der Waals surface area (Å²) in [4.78, 5) is 13.1. The number of sulfonamides is 1. The summed E-state index contributed by atoms with van der Waals surface area (Å²) < 4.78 is 30.8. The van der Waals surface area contributed by atoms with Gasteiger partial charge in [0, 0.05) is 31.6 Å². The minimum atomic E-state index is -3.47. The van der Waals surface area contributed by atoms with E-state index in [1.54, 1.807) is 13.0 Å². The predicted molar refractivity (Wildman–Crippen MR) is 84.6 cm³/mol. The van der Waals surface area contributed by atoms with E-state index in [4.69, 9.17) is 4.74 Å². The van der Waals surface area contributed by atoms with Crippen molar-refractivity contribution in [3.05, 3.63) is 41.3 Å². The molecule has 120 valence electrons. The van der Waals surface area contributed by atoms with Crippen LogP contribution >= 0.6 is 0 Å². The summed E-state index contributed by atoms with van der Waals surface area (Å²) in [6, 6.07) is 9.25. The molecule has 0 atom stereocenters. The van der Waals surface area contributed by atoms with Gasteiger partial charge < -0.3 is 9.64 Å². The van der Waals surface area contributed by atoms with E-state index in [1.807, 2.05) is 30.3 Å². The van der Waals surface area contributed by atoms with E-state index in [9.17, 15) is 13.2 Å². The van der Waals surface area contributed by atoms with Crippen LogP contribution in [0.3, 0.4) is 0 Å². The number of rotatable bonds is 4. The Kier molecular flexibility index (Phi) is 5.57. The average molecular weight is 324 g/mol. The summed E-state index contributed by atoms with van der Waals surface area (Å²) in [5.74, 6) is 0. The zero-order valence-corrected chi connectivity index (χ0v) is 13.3. The van der Waals surface area contributed by atoms with Crippen LogP contribution in [0.15, 0.2) is 35.7 Å². The molecule has 1 aliphatic rings. The molecule has 1 saturated heterocycles. The van der Waals surface area contributed by atoms with Gasteiger partial charge in [0.1, 0.15) is 0 Å². The van der Waals surface area contributed by atoms with E-state index in [-0.39, 0.29) is 19.2 Å². The molecule has 0 saturated carbocycles. The zero-order valence-electron chi connectivity index (χ0n) is 12.5. The van der Waals surface area contributed by atoms with Crippen LogP contribution in [0.2, 0.25) is 0 Å². The highest BCUT2D eigenvalue weighted by molar-refractivity contribution is 7.92. The second-order valence-corrected chi connectivity index (χ2v) is 6.66. The Bertz CT molecular complexity index is 620. The van der Waals surface area contributed by atoms with Crippen molar-refractivity contribution >= 4 is 22.2 Å². The minimum Gasteiger partial charge on any atom is -0.450 e. The first-order valence-corrected chi connectivity index (χ1v) is 8.68. The van der Waals surface area contributed by atoms with Gasteiger partial charge in [-0.2, -0.15) is 4.31 Å². The smallest absolute Gasteiger partial charge is 0.409 e. The van der Waals surface area contributed by atoms with Crippen LogP contribution in [-0.2, 0) is 14.8 Å². The molecule has 0 spiro atoms. The molecule has 1 heterocycles. The lowest BCUT2D eigenvalue weighted by atomic mass is 10.2. The second-order valence-electron chi connectivity index (χ2n) is 4.84. The number of carbonyl (C=O) groups is 1. The third kappa shape index (κ3) is 4.32. The Labute approximate surface area is 131 Å². The van der Waals surface area contributed by atoms with Crippen LogP contribution in [0.4, 0.5) is 4.79 Å². The summed E-state index contributed by atoms with van der Waals surface area (Å²) >= 11 is 0. The maximum atomic E-state index is 12.3. The number of benzene rings is 1. The van der Waals surface area contributed by atoms with Crippen molar-refractivity contribution in [2.45, 2.75) is 6.92 Å². The number of ether oxygens (including phenoxy) is 1. The molecule has 6 nitrogen and oxygen atoms in total. The fourth-order valence-electron chi connectivity index (χ4n) is 2.15. The molecular formula is C15H20N2O4S. The molecule has 0 bridgehead atoms. The van der Waals surface area contributed by atoms with Crippen molar-refractivity contribution in [1.82, 2.24) is 9.21 Å². The van der Waals surface area contributed by atoms with Crippen LogP contribution in [0.1, 0.15) is 12.5 Å². The highest BCUT2D eigenvalue weighted by atomic mass is 32.2. The Morgan fingerprint density at radius 3 is 2.41 bits per heavy atom. The van der Waals surface area contributed by atoms with Gasteiger partial charge in [-0.15, -0.1) is 0 Å². The molecule has 0 N–H and O–H groups in total. The lowest BCUT2D eigenvalue weighted by Crippen LogP contribution is -2.50. The molecule has 0 aliphatic carbocycles. The molecule has 1 amide bonds. The van der Waals surface area contributed by atoms with Gasteiger partial charge in [0.05, 0.1) is 6.61 Å². The lowest BCUT2D eigenvalue weighted by Gasteiger charge is -2.32. The molecule has 0 unspecified atom stereocenters.